The summed E-state index contributed by atoms with van der Waals surface area (Å²) in [6.07, 6.45) is 4.62. The number of hydrogen-bond acceptors (Lipinski definition) is 3. The Morgan fingerprint density at radius 3 is 2.95 bits per heavy atom. The summed E-state index contributed by atoms with van der Waals surface area (Å²) in [5.41, 5.74) is 2.44. The van der Waals surface area contributed by atoms with Gasteiger partial charge >= 0.3 is 0 Å². The first kappa shape index (κ1) is 13.5. The first-order chi connectivity index (χ1) is 10.2. The van der Waals surface area contributed by atoms with Crippen LogP contribution in [0.2, 0.25) is 0 Å². The van der Waals surface area contributed by atoms with E-state index in [2.05, 4.69) is 62.0 Å². The van der Waals surface area contributed by atoms with Gasteiger partial charge in [-0.25, -0.2) is 0 Å². The van der Waals surface area contributed by atoms with Crippen LogP contribution in [0.15, 0.2) is 34.9 Å². The summed E-state index contributed by atoms with van der Waals surface area (Å²) in [6.45, 7) is 3.61. The van der Waals surface area contributed by atoms with Crippen LogP contribution >= 0.6 is 15.9 Å². The molecule has 2 aliphatic rings. The van der Waals surface area contributed by atoms with E-state index in [1.807, 2.05) is 6.20 Å². The summed E-state index contributed by atoms with van der Waals surface area (Å²) in [5.74, 6) is 0.858. The van der Waals surface area contributed by atoms with Gasteiger partial charge in [-0.2, -0.15) is 0 Å². The Hall–Kier alpha value is -1.13. The monoisotopic (exact) mass is 345 g/mol. The highest BCUT2D eigenvalue weighted by molar-refractivity contribution is 9.10. The van der Waals surface area contributed by atoms with Gasteiger partial charge in [0.15, 0.2) is 0 Å². The van der Waals surface area contributed by atoms with Gasteiger partial charge in [-0.1, -0.05) is 15.9 Å². The maximum Gasteiger partial charge on any atom is 0.0723 e. The van der Waals surface area contributed by atoms with Gasteiger partial charge in [0.2, 0.25) is 0 Å². The molecule has 21 heavy (non-hydrogen) atoms. The third kappa shape index (κ3) is 2.34. The van der Waals surface area contributed by atoms with Crippen molar-refractivity contribution < 1.29 is 0 Å². The van der Waals surface area contributed by atoms with Crippen molar-refractivity contribution in [3.63, 3.8) is 0 Å². The van der Waals surface area contributed by atoms with E-state index in [9.17, 15) is 0 Å². The van der Waals surface area contributed by atoms with Crippen molar-refractivity contribution in [3.05, 3.63) is 34.9 Å². The van der Waals surface area contributed by atoms with E-state index in [-0.39, 0.29) is 0 Å². The zero-order valence-corrected chi connectivity index (χ0v) is 13.9. The molecular weight excluding hydrogens is 326 g/mol. The van der Waals surface area contributed by atoms with E-state index in [4.69, 9.17) is 0 Å². The third-order valence-electron chi connectivity index (χ3n) is 5.06. The summed E-state index contributed by atoms with van der Waals surface area (Å²) >= 11 is 3.60. The fourth-order valence-electron chi connectivity index (χ4n) is 3.95. The van der Waals surface area contributed by atoms with E-state index >= 15 is 0 Å². The zero-order chi connectivity index (χ0) is 14.4. The number of benzene rings is 1. The minimum Gasteiger partial charge on any atom is -0.366 e. The number of hydrogen-bond donors (Lipinski definition) is 0. The summed E-state index contributed by atoms with van der Waals surface area (Å²) in [6, 6.07) is 9.22. The molecule has 4 rings (SSSR count). The number of rotatable bonds is 1. The molecule has 110 valence electrons. The van der Waals surface area contributed by atoms with E-state index in [0.29, 0.717) is 6.04 Å². The van der Waals surface area contributed by atoms with Crippen LogP contribution in [0.3, 0.4) is 0 Å². The first-order valence-electron chi connectivity index (χ1n) is 7.72. The number of likely N-dealkylation sites (N-methyl/N-ethyl adjacent to an activating group) is 1. The molecule has 2 fully saturated rings. The fourth-order valence-corrected chi connectivity index (χ4v) is 4.31. The molecular formula is C17H20BrN3. The fraction of sp³-hybridized carbons (Fsp3) is 0.471. The highest BCUT2D eigenvalue weighted by atomic mass is 79.9. The molecule has 0 spiro atoms. The van der Waals surface area contributed by atoms with Crippen LogP contribution in [0.5, 0.6) is 0 Å². The second kappa shape index (κ2) is 5.25. The molecule has 4 heteroatoms. The lowest BCUT2D eigenvalue weighted by atomic mass is 9.92. The smallest absolute Gasteiger partial charge is 0.0723 e. The van der Waals surface area contributed by atoms with Crippen LogP contribution in [0.1, 0.15) is 12.8 Å². The van der Waals surface area contributed by atoms with Crippen molar-refractivity contribution in [2.45, 2.75) is 18.9 Å². The molecule has 1 aromatic carbocycles. The Labute approximate surface area is 134 Å². The third-order valence-corrected chi connectivity index (χ3v) is 5.55. The second-order valence-corrected chi connectivity index (χ2v) is 7.27. The van der Waals surface area contributed by atoms with Crippen molar-refractivity contribution in [2.75, 3.05) is 31.6 Å². The lowest BCUT2D eigenvalue weighted by Gasteiger charge is -2.38. The van der Waals surface area contributed by atoms with E-state index in [1.165, 1.54) is 43.5 Å². The second-order valence-electron chi connectivity index (χ2n) is 6.35. The number of halogens is 1. The van der Waals surface area contributed by atoms with E-state index in [0.717, 1.165) is 15.9 Å². The normalized spacial score (nSPS) is 26.3. The number of fused-ring (bicyclic) bond motifs is 2. The highest BCUT2D eigenvalue weighted by Crippen LogP contribution is 2.38. The molecule has 0 bridgehead atoms. The maximum atomic E-state index is 4.52. The maximum absolute atomic E-state index is 4.52. The summed E-state index contributed by atoms with van der Waals surface area (Å²) in [7, 11) is 2.24. The van der Waals surface area contributed by atoms with Gasteiger partial charge in [-0.05, 0) is 56.6 Å². The van der Waals surface area contributed by atoms with Gasteiger partial charge in [0.05, 0.1) is 5.52 Å². The number of likely N-dealkylation sites (tertiary alicyclic amines) is 1. The minimum absolute atomic E-state index is 0.660. The first-order valence-corrected chi connectivity index (χ1v) is 8.51. The predicted octanol–water partition coefficient (Wildman–Crippen LogP) is 3.53. The van der Waals surface area contributed by atoms with Crippen LogP contribution < -0.4 is 4.90 Å². The predicted molar refractivity (Wildman–Crippen MR) is 90.8 cm³/mol. The van der Waals surface area contributed by atoms with Crippen LogP contribution in [-0.2, 0) is 0 Å². The molecule has 2 atom stereocenters. The average Bonchev–Trinajstić information content (AvgIpc) is 2.89. The molecule has 0 radical (unpaired) electrons. The molecule has 2 aliphatic heterocycles. The Kier molecular flexibility index (Phi) is 3.38. The Bertz CT molecular complexity index is 672. The van der Waals surface area contributed by atoms with Crippen LogP contribution in [0.4, 0.5) is 5.69 Å². The number of aromatic nitrogens is 1. The molecule has 2 unspecified atom stereocenters. The van der Waals surface area contributed by atoms with Gasteiger partial charge in [-0.3, -0.25) is 4.98 Å². The van der Waals surface area contributed by atoms with Gasteiger partial charge in [-0.15, -0.1) is 0 Å². The minimum atomic E-state index is 0.660. The Morgan fingerprint density at radius 1 is 1.19 bits per heavy atom. The number of pyridine rings is 1. The number of piperidine rings is 1. The number of nitrogens with zero attached hydrogens (tertiary/aromatic N) is 3. The largest absolute Gasteiger partial charge is 0.366 e. The molecule has 3 heterocycles. The zero-order valence-electron chi connectivity index (χ0n) is 12.3. The Balaban J connectivity index is 1.78. The topological polar surface area (TPSA) is 19.4 Å². The van der Waals surface area contributed by atoms with Crippen molar-refractivity contribution in [2.24, 2.45) is 5.92 Å². The molecule has 0 aliphatic carbocycles. The van der Waals surface area contributed by atoms with Crippen molar-refractivity contribution in [1.29, 1.82) is 0 Å². The van der Waals surface area contributed by atoms with Gasteiger partial charge < -0.3 is 9.80 Å². The molecule has 0 saturated carbocycles. The standard InChI is InChI=1S/C17H20BrN3/c1-20-8-5-12-6-9-21(17(12)11-20)16-4-7-19-15-3-2-13(18)10-14(15)16/h2-4,7,10,12,17H,5-6,8-9,11H2,1H3. The van der Waals surface area contributed by atoms with Crippen LogP contribution in [0.25, 0.3) is 10.9 Å². The molecule has 2 saturated heterocycles. The molecule has 3 nitrogen and oxygen atoms in total. The molecule has 2 aromatic rings. The van der Waals surface area contributed by atoms with Gasteiger partial charge in [0, 0.05) is 40.9 Å². The van der Waals surface area contributed by atoms with Crippen LogP contribution in [0, 0.1) is 5.92 Å². The summed E-state index contributed by atoms with van der Waals surface area (Å²) < 4.78 is 1.13. The van der Waals surface area contributed by atoms with Gasteiger partial charge in [0.25, 0.3) is 0 Å². The van der Waals surface area contributed by atoms with E-state index in [1.54, 1.807) is 0 Å². The Morgan fingerprint density at radius 2 is 2.05 bits per heavy atom. The van der Waals surface area contributed by atoms with Crippen LogP contribution in [-0.4, -0.2) is 42.6 Å². The van der Waals surface area contributed by atoms with Crippen molar-refractivity contribution in [3.8, 4) is 0 Å². The van der Waals surface area contributed by atoms with E-state index < -0.39 is 0 Å². The lowest BCUT2D eigenvalue weighted by molar-refractivity contribution is 0.208. The molecule has 0 amide bonds. The van der Waals surface area contributed by atoms with Crippen molar-refractivity contribution in [1.82, 2.24) is 9.88 Å². The molecule has 0 N–H and O–H groups in total. The summed E-state index contributed by atoms with van der Waals surface area (Å²) in [5, 5.41) is 1.26. The SMILES string of the molecule is CN1CCC2CCN(c3ccnc4ccc(Br)cc34)C2C1. The number of anilines is 1. The quantitative estimate of drug-likeness (QED) is 0.788. The van der Waals surface area contributed by atoms with Gasteiger partial charge in [0.1, 0.15) is 0 Å². The highest BCUT2D eigenvalue weighted by Gasteiger charge is 2.37. The molecule has 1 aromatic heterocycles. The lowest BCUT2D eigenvalue weighted by Crippen LogP contribution is -2.46. The summed E-state index contributed by atoms with van der Waals surface area (Å²) in [4.78, 5) is 9.61. The van der Waals surface area contributed by atoms with Crippen molar-refractivity contribution >= 4 is 32.5 Å². The average molecular weight is 346 g/mol.